The second-order valence-corrected chi connectivity index (χ2v) is 6.43. The molecule has 0 amide bonds. The Morgan fingerprint density at radius 2 is 1.95 bits per heavy atom. The fourth-order valence-electron chi connectivity index (χ4n) is 2.27. The van der Waals surface area contributed by atoms with Crippen molar-refractivity contribution in [3.8, 4) is 11.1 Å². The molecule has 1 heterocycles. The molecule has 2 N–H and O–H groups in total. The molecule has 3 heteroatoms. The highest BCUT2D eigenvalue weighted by Gasteiger charge is 2.41. The standard InChI is InChI=1S/C16H19NOS/c18-12-16(6-7-16)11-17-9-15-8-14(10-19-15)13-4-2-1-3-5-13/h1-5,8,10,17-18H,6-7,9,11-12H2. The van der Waals surface area contributed by atoms with Crippen LogP contribution in [0.5, 0.6) is 0 Å². The van der Waals surface area contributed by atoms with Crippen molar-refractivity contribution in [3.05, 3.63) is 46.7 Å². The Hall–Kier alpha value is -1.16. The van der Waals surface area contributed by atoms with Crippen LogP contribution in [0.15, 0.2) is 41.8 Å². The van der Waals surface area contributed by atoms with Gasteiger partial charge in [-0.15, -0.1) is 11.3 Å². The van der Waals surface area contributed by atoms with Gasteiger partial charge in [0.2, 0.25) is 0 Å². The molecule has 2 nitrogen and oxygen atoms in total. The van der Waals surface area contributed by atoms with Gasteiger partial charge in [0.15, 0.2) is 0 Å². The maximum atomic E-state index is 9.27. The monoisotopic (exact) mass is 273 g/mol. The molecule has 1 aliphatic rings. The number of benzene rings is 1. The van der Waals surface area contributed by atoms with E-state index in [-0.39, 0.29) is 5.41 Å². The maximum Gasteiger partial charge on any atom is 0.0499 e. The zero-order valence-corrected chi connectivity index (χ0v) is 11.7. The first-order chi connectivity index (χ1) is 9.31. The van der Waals surface area contributed by atoms with Crippen LogP contribution in [0.2, 0.25) is 0 Å². The van der Waals surface area contributed by atoms with Gasteiger partial charge in [-0.3, -0.25) is 0 Å². The molecule has 0 aliphatic heterocycles. The van der Waals surface area contributed by atoms with Crippen LogP contribution in [0.4, 0.5) is 0 Å². The lowest BCUT2D eigenvalue weighted by Crippen LogP contribution is -2.25. The Kier molecular flexibility index (Phi) is 3.69. The molecule has 0 unspecified atom stereocenters. The van der Waals surface area contributed by atoms with Crippen LogP contribution >= 0.6 is 11.3 Å². The van der Waals surface area contributed by atoms with E-state index in [0.717, 1.165) is 25.9 Å². The molecular formula is C16H19NOS. The molecule has 1 aliphatic carbocycles. The quantitative estimate of drug-likeness (QED) is 0.846. The maximum absolute atomic E-state index is 9.27. The van der Waals surface area contributed by atoms with Crippen LogP contribution in [0.25, 0.3) is 11.1 Å². The molecule has 2 aromatic rings. The lowest BCUT2D eigenvalue weighted by Gasteiger charge is -2.11. The highest BCUT2D eigenvalue weighted by atomic mass is 32.1. The van der Waals surface area contributed by atoms with Crippen LogP contribution < -0.4 is 5.32 Å². The molecule has 0 spiro atoms. The first-order valence-electron chi connectivity index (χ1n) is 6.76. The Morgan fingerprint density at radius 1 is 1.16 bits per heavy atom. The summed E-state index contributed by atoms with van der Waals surface area (Å²) in [5.41, 5.74) is 2.77. The average Bonchev–Trinajstić information content (AvgIpc) is 3.09. The topological polar surface area (TPSA) is 32.3 Å². The van der Waals surface area contributed by atoms with Gasteiger partial charge >= 0.3 is 0 Å². The average molecular weight is 273 g/mol. The summed E-state index contributed by atoms with van der Waals surface area (Å²) in [7, 11) is 0. The highest BCUT2D eigenvalue weighted by Crippen LogP contribution is 2.44. The third-order valence-corrected chi connectivity index (χ3v) is 4.79. The highest BCUT2D eigenvalue weighted by molar-refractivity contribution is 7.10. The van der Waals surface area contributed by atoms with E-state index in [1.807, 2.05) is 6.07 Å². The Labute approximate surface area is 118 Å². The fourth-order valence-corrected chi connectivity index (χ4v) is 3.14. The Balaban J connectivity index is 1.57. The zero-order valence-electron chi connectivity index (χ0n) is 10.9. The molecule has 3 rings (SSSR count). The minimum atomic E-state index is 0.194. The largest absolute Gasteiger partial charge is 0.396 e. The minimum Gasteiger partial charge on any atom is -0.396 e. The van der Waals surface area contributed by atoms with E-state index in [4.69, 9.17) is 0 Å². The molecule has 0 radical (unpaired) electrons. The van der Waals surface area contributed by atoms with Gasteiger partial charge in [-0.05, 0) is 35.4 Å². The first kappa shape index (κ1) is 12.9. The molecular weight excluding hydrogens is 254 g/mol. The van der Waals surface area contributed by atoms with Gasteiger partial charge in [0.1, 0.15) is 0 Å². The minimum absolute atomic E-state index is 0.194. The van der Waals surface area contributed by atoms with Crippen LogP contribution in [0.3, 0.4) is 0 Å². The molecule has 100 valence electrons. The fraction of sp³-hybridized carbons (Fsp3) is 0.375. The van der Waals surface area contributed by atoms with Crippen LogP contribution in [0.1, 0.15) is 17.7 Å². The van der Waals surface area contributed by atoms with Crippen LogP contribution in [0, 0.1) is 5.41 Å². The molecule has 0 bridgehead atoms. The first-order valence-corrected chi connectivity index (χ1v) is 7.64. The summed E-state index contributed by atoms with van der Waals surface area (Å²) in [6.07, 6.45) is 2.33. The van der Waals surface area contributed by atoms with Crippen molar-refractivity contribution in [1.82, 2.24) is 5.32 Å². The lowest BCUT2D eigenvalue weighted by molar-refractivity contribution is 0.207. The summed E-state index contributed by atoms with van der Waals surface area (Å²) in [5.74, 6) is 0. The van der Waals surface area contributed by atoms with Crippen molar-refractivity contribution in [3.63, 3.8) is 0 Å². The van der Waals surface area contributed by atoms with E-state index in [0.29, 0.717) is 6.61 Å². The van der Waals surface area contributed by atoms with E-state index in [1.54, 1.807) is 11.3 Å². The number of hydrogen-bond acceptors (Lipinski definition) is 3. The predicted octanol–water partition coefficient (Wildman–Crippen LogP) is 3.28. The predicted molar refractivity (Wildman–Crippen MR) is 80.2 cm³/mol. The van der Waals surface area contributed by atoms with Gasteiger partial charge in [0.25, 0.3) is 0 Å². The normalized spacial score (nSPS) is 16.5. The lowest BCUT2D eigenvalue weighted by atomic mass is 10.1. The van der Waals surface area contributed by atoms with Gasteiger partial charge in [0.05, 0.1) is 0 Å². The van der Waals surface area contributed by atoms with Crippen molar-refractivity contribution in [2.75, 3.05) is 13.2 Å². The molecule has 0 saturated heterocycles. The van der Waals surface area contributed by atoms with Crippen molar-refractivity contribution in [2.24, 2.45) is 5.41 Å². The molecule has 1 saturated carbocycles. The number of aliphatic hydroxyl groups is 1. The molecule has 1 fully saturated rings. The van der Waals surface area contributed by atoms with Crippen molar-refractivity contribution < 1.29 is 5.11 Å². The number of thiophene rings is 1. The van der Waals surface area contributed by atoms with E-state index in [2.05, 4.69) is 41.0 Å². The van der Waals surface area contributed by atoms with Gasteiger partial charge < -0.3 is 10.4 Å². The molecule has 1 aromatic carbocycles. The second-order valence-electron chi connectivity index (χ2n) is 5.43. The number of nitrogens with one attached hydrogen (secondary N) is 1. The summed E-state index contributed by atoms with van der Waals surface area (Å²) in [6, 6.07) is 12.7. The van der Waals surface area contributed by atoms with Gasteiger partial charge in [0, 0.05) is 30.0 Å². The van der Waals surface area contributed by atoms with Gasteiger partial charge in [-0.1, -0.05) is 30.3 Å². The van der Waals surface area contributed by atoms with Crippen molar-refractivity contribution in [1.29, 1.82) is 0 Å². The molecule has 0 atom stereocenters. The number of aliphatic hydroxyl groups excluding tert-OH is 1. The van der Waals surface area contributed by atoms with Crippen molar-refractivity contribution >= 4 is 11.3 Å². The summed E-state index contributed by atoms with van der Waals surface area (Å²) in [4.78, 5) is 1.35. The van der Waals surface area contributed by atoms with E-state index < -0.39 is 0 Å². The van der Waals surface area contributed by atoms with Crippen LogP contribution in [-0.2, 0) is 6.54 Å². The van der Waals surface area contributed by atoms with Crippen molar-refractivity contribution in [2.45, 2.75) is 19.4 Å². The van der Waals surface area contributed by atoms with E-state index in [1.165, 1.54) is 16.0 Å². The Bertz CT molecular complexity index is 531. The SMILES string of the molecule is OCC1(CNCc2cc(-c3ccccc3)cs2)CC1. The summed E-state index contributed by atoms with van der Waals surface area (Å²) in [6.45, 7) is 2.15. The number of hydrogen-bond donors (Lipinski definition) is 2. The van der Waals surface area contributed by atoms with Gasteiger partial charge in [-0.25, -0.2) is 0 Å². The zero-order chi connectivity index (χ0) is 13.1. The van der Waals surface area contributed by atoms with E-state index in [9.17, 15) is 5.11 Å². The molecule has 1 aromatic heterocycles. The summed E-state index contributed by atoms with van der Waals surface area (Å²) < 4.78 is 0. The summed E-state index contributed by atoms with van der Waals surface area (Å²) in [5, 5.41) is 15.0. The summed E-state index contributed by atoms with van der Waals surface area (Å²) >= 11 is 1.80. The third-order valence-electron chi connectivity index (χ3n) is 3.85. The number of rotatable bonds is 6. The second kappa shape index (κ2) is 5.45. The van der Waals surface area contributed by atoms with E-state index >= 15 is 0 Å². The van der Waals surface area contributed by atoms with Crippen LogP contribution in [-0.4, -0.2) is 18.3 Å². The smallest absolute Gasteiger partial charge is 0.0499 e. The third kappa shape index (κ3) is 3.06. The van der Waals surface area contributed by atoms with Gasteiger partial charge in [-0.2, -0.15) is 0 Å². The Morgan fingerprint density at radius 3 is 2.63 bits per heavy atom. The molecule has 19 heavy (non-hydrogen) atoms.